The van der Waals surface area contributed by atoms with E-state index in [0.29, 0.717) is 0 Å². The Balaban J connectivity index is 2.79. The van der Waals surface area contributed by atoms with Gasteiger partial charge in [-0.25, -0.2) is 0 Å². The molecule has 0 spiro atoms. The lowest BCUT2D eigenvalue weighted by Gasteiger charge is -2.18. The fourth-order valence-electron chi connectivity index (χ4n) is 2.76. The quantitative estimate of drug-likeness (QED) is 0.590. The van der Waals surface area contributed by atoms with Gasteiger partial charge >= 0.3 is 0 Å². The highest BCUT2D eigenvalue weighted by Gasteiger charge is 2.15. The molecule has 2 aromatic carbocycles. The van der Waals surface area contributed by atoms with Crippen LogP contribution in [0.1, 0.15) is 52.7 Å². The summed E-state index contributed by atoms with van der Waals surface area (Å²) in [5.41, 5.74) is 11.7. The second kappa shape index (κ2) is 8.04. The standard InChI is InChI=1S/C25H33NO/c1-24(2,3)14-12-18-16-20(27-7)17-19(13-15-25(4,5)6)23(18)21-10-8-9-11-22(21)26/h8-17H,26H2,1-7H3/b14-12+,15-13+. The van der Waals surface area contributed by atoms with Crippen LogP contribution in [-0.2, 0) is 0 Å². The number of benzene rings is 2. The van der Waals surface area contributed by atoms with Crippen molar-refractivity contribution in [1.29, 1.82) is 0 Å². The van der Waals surface area contributed by atoms with E-state index in [2.05, 4.69) is 84.0 Å². The van der Waals surface area contributed by atoms with Gasteiger partial charge in [0.2, 0.25) is 0 Å². The van der Waals surface area contributed by atoms with Crippen molar-refractivity contribution in [2.45, 2.75) is 41.5 Å². The molecule has 2 aromatic rings. The summed E-state index contributed by atoms with van der Waals surface area (Å²) in [5, 5.41) is 0. The highest BCUT2D eigenvalue weighted by Crippen LogP contribution is 2.37. The summed E-state index contributed by atoms with van der Waals surface area (Å²) >= 11 is 0. The number of methoxy groups -OCH3 is 1. The van der Waals surface area contributed by atoms with Crippen molar-refractivity contribution in [2.75, 3.05) is 12.8 Å². The Labute approximate surface area is 164 Å². The van der Waals surface area contributed by atoms with E-state index in [4.69, 9.17) is 10.5 Å². The van der Waals surface area contributed by atoms with Crippen LogP contribution in [0.5, 0.6) is 5.75 Å². The van der Waals surface area contributed by atoms with Gasteiger partial charge in [0.1, 0.15) is 5.75 Å². The molecule has 2 N–H and O–H groups in total. The normalized spacial score (nSPS) is 12.9. The lowest BCUT2D eigenvalue weighted by molar-refractivity contribution is 0.414. The molecule has 2 nitrogen and oxygen atoms in total. The predicted molar refractivity (Wildman–Crippen MR) is 120 cm³/mol. The van der Waals surface area contributed by atoms with E-state index in [0.717, 1.165) is 33.7 Å². The summed E-state index contributed by atoms with van der Waals surface area (Å²) < 4.78 is 5.58. The zero-order chi connectivity index (χ0) is 20.2. The van der Waals surface area contributed by atoms with Gasteiger partial charge in [-0.15, -0.1) is 0 Å². The number of rotatable bonds is 4. The summed E-state index contributed by atoms with van der Waals surface area (Å²) in [5.74, 6) is 0.843. The molecular formula is C25H33NO. The molecule has 27 heavy (non-hydrogen) atoms. The molecule has 0 atom stereocenters. The van der Waals surface area contributed by atoms with Crippen LogP contribution >= 0.6 is 0 Å². The number of anilines is 1. The van der Waals surface area contributed by atoms with Crippen molar-refractivity contribution in [3.05, 3.63) is 59.7 Å². The SMILES string of the molecule is COc1cc(/C=C/C(C)(C)C)c(-c2ccccc2N)c(/C=C/C(C)(C)C)c1. The molecular weight excluding hydrogens is 330 g/mol. The smallest absolute Gasteiger partial charge is 0.120 e. The maximum absolute atomic E-state index is 6.35. The Morgan fingerprint density at radius 1 is 0.815 bits per heavy atom. The van der Waals surface area contributed by atoms with E-state index in [1.165, 1.54) is 0 Å². The highest BCUT2D eigenvalue weighted by atomic mass is 16.5. The van der Waals surface area contributed by atoms with Crippen LogP contribution in [0.3, 0.4) is 0 Å². The molecule has 0 radical (unpaired) electrons. The van der Waals surface area contributed by atoms with Gasteiger partial charge in [-0.3, -0.25) is 0 Å². The van der Waals surface area contributed by atoms with Crippen LogP contribution in [0.4, 0.5) is 5.69 Å². The molecule has 0 fully saturated rings. The predicted octanol–water partition coefficient (Wildman–Crippen LogP) is 7.06. The van der Waals surface area contributed by atoms with E-state index in [1.54, 1.807) is 7.11 Å². The van der Waals surface area contributed by atoms with Gasteiger partial charge in [0, 0.05) is 11.3 Å². The molecule has 144 valence electrons. The monoisotopic (exact) mass is 363 g/mol. The number of nitrogens with two attached hydrogens (primary N) is 1. The molecule has 2 rings (SSSR count). The van der Waals surface area contributed by atoms with E-state index in [-0.39, 0.29) is 10.8 Å². The fourth-order valence-corrected chi connectivity index (χ4v) is 2.76. The zero-order valence-corrected chi connectivity index (χ0v) is 17.8. The van der Waals surface area contributed by atoms with Crippen molar-refractivity contribution in [2.24, 2.45) is 10.8 Å². The van der Waals surface area contributed by atoms with Crippen molar-refractivity contribution in [3.8, 4) is 16.9 Å². The molecule has 0 saturated heterocycles. The third-order valence-corrected chi connectivity index (χ3v) is 4.16. The van der Waals surface area contributed by atoms with Gasteiger partial charge in [0.25, 0.3) is 0 Å². The minimum absolute atomic E-state index is 0.0873. The lowest BCUT2D eigenvalue weighted by atomic mass is 9.88. The van der Waals surface area contributed by atoms with Crippen molar-refractivity contribution in [3.63, 3.8) is 0 Å². The maximum atomic E-state index is 6.35. The molecule has 0 amide bonds. The largest absolute Gasteiger partial charge is 0.497 e. The summed E-state index contributed by atoms with van der Waals surface area (Å²) in [4.78, 5) is 0. The molecule has 0 bridgehead atoms. The Bertz CT molecular complexity index is 800. The van der Waals surface area contributed by atoms with Gasteiger partial charge in [-0.05, 0) is 45.7 Å². The first kappa shape index (κ1) is 20.8. The van der Waals surface area contributed by atoms with Crippen LogP contribution in [0.2, 0.25) is 0 Å². The number of allylic oxidation sites excluding steroid dienone is 2. The fraction of sp³-hybridized carbons (Fsp3) is 0.360. The second-order valence-electron chi connectivity index (χ2n) is 9.17. The third kappa shape index (κ3) is 6.02. The van der Waals surface area contributed by atoms with Crippen LogP contribution in [0, 0.1) is 10.8 Å². The van der Waals surface area contributed by atoms with Gasteiger partial charge in [0.15, 0.2) is 0 Å². The molecule has 0 aliphatic heterocycles. The summed E-state index contributed by atoms with van der Waals surface area (Å²) in [6.07, 6.45) is 8.81. The molecule has 0 aromatic heterocycles. The van der Waals surface area contributed by atoms with Crippen LogP contribution in [0.15, 0.2) is 48.6 Å². The molecule has 0 aliphatic rings. The van der Waals surface area contributed by atoms with Gasteiger partial charge < -0.3 is 10.5 Å². The Morgan fingerprint density at radius 2 is 1.30 bits per heavy atom. The minimum atomic E-state index is 0.0873. The molecule has 0 saturated carbocycles. The van der Waals surface area contributed by atoms with Crippen molar-refractivity contribution < 1.29 is 4.74 Å². The van der Waals surface area contributed by atoms with Gasteiger partial charge in [-0.1, -0.05) is 84.0 Å². The van der Waals surface area contributed by atoms with Crippen molar-refractivity contribution >= 4 is 17.8 Å². The van der Waals surface area contributed by atoms with E-state index < -0.39 is 0 Å². The Kier molecular flexibility index (Phi) is 6.20. The van der Waals surface area contributed by atoms with Crippen LogP contribution in [0.25, 0.3) is 23.3 Å². The Morgan fingerprint density at radius 3 is 1.70 bits per heavy atom. The first-order valence-electron chi connectivity index (χ1n) is 9.45. The first-order chi connectivity index (χ1) is 12.5. The minimum Gasteiger partial charge on any atom is -0.497 e. The topological polar surface area (TPSA) is 35.2 Å². The number of hydrogen-bond acceptors (Lipinski definition) is 2. The van der Waals surface area contributed by atoms with Gasteiger partial charge in [-0.2, -0.15) is 0 Å². The number of nitrogen functional groups attached to an aromatic ring is 1. The number of hydrogen-bond donors (Lipinski definition) is 1. The molecule has 2 heteroatoms. The van der Waals surface area contributed by atoms with E-state index >= 15 is 0 Å². The molecule has 0 unspecified atom stereocenters. The molecule has 0 aliphatic carbocycles. The summed E-state index contributed by atoms with van der Waals surface area (Å²) in [6.45, 7) is 13.2. The lowest BCUT2D eigenvalue weighted by Crippen LogP contribution is -2.01. The number of ether oxygens (including phenoxy) is 1. The second-order valence-corrected chi connectivity index (χ2v) is 9.17. The van der Waals surface area contributed by atoms with Crippen molar-refractivity contribution in [1.82, 2.24) is 0 Å². The Hall–Kier alpha value is -2.48. The highest BCUT2D eigenvalue weighted by molar-refractivity contribution is 5.89. The number of para-hydroxylation sites is 1. The average Bonchev–Trinajstić information content (AvgIpc) is 2.57. The first-order valence-corrected chi connectivity index (χ1v) is 9.45. The van der Waals surface area contributed by atoms with Gasteiger partial charge in [0.05, 0.1) is 7.11 Å². The van der Waals surface area contributed by atoms with Crippen LogP contribution < -0.4 is 10.5 Å². The maximum Gasteiger partial charge on any atom is 0.120 e. The third-order valence-electron chi connectivity index (χ3n) is 4.16. The van der Waals surface area contributed by atoms with Crippen LogP contribution in [-0.4, -0.2) is 7.11 Å². The average molecular weight is 364 g/mol. The summed E-state index contributed by atoms with van der Waals surface area (Å²) in [7, 11) is 1.71. The zero-order valence-electron chi connectivity index (χ0n) is 17.8. The summed E-state index contributed by atoms with van der Waals surface area (Å²) in [6, 6.07) is 12.2. The molecule has 0 heterocycles. The van der Waals surface area contributed by atoms with E-state index in [1.807, 2.05) is 18.2 Å². The van der Waals surface area contributed by atoms with E-state index in [9.17, 15) is 0 Å².